The molecule has 5 heteroatoms. The number of nitrogens with zero attached hydrogens (tertiary/aromatic N) is 2. The third-order valence-electron chi connectivity index (χ3n) is 11.4. The van der Waals surface area contributed by atoms with Crippen molar-refractivity contribution in [3.8, 4) is 54.5 Å². The predicted molar refractivity (Wildman–Crippen MR) is 236 cm³/mol. The lowest BCUT2D eigenvalue weighted by atomic mass is 9.67. The molecule has 56 heavy (non-hydrogen) atoms. The Bertz CT molecular complexity index is 2990. The Kier molecular flexibility index (Phi) is 7.15. The standard InChI is InChI=1S/C51H30N2S3/c1-2-12-39-37(11-1)38-26-25-33(30-42(38)51(39)40-13-3-7-17-45(40)54-46-18-8-4-14-41(46)51)31-21-23-32(24-22-31)34-27-35(49-52-43-15-5-9-19-47(43)55-49)29-36(28-34)50-53-44-16-6-10-20-48(44)56-50/h1-30H. The van der Waals surface area contributed by atoms with E-state index in [4.69, 9.17) is 9.97 Å². The van der Waals surface area contributed by atoms with Crippen molar-refractivity contribution in [3.63, 3.8) is 0 Å². The molecule has 10 aromatic rings. The highest BCUT2D eigenvalue weighted by Crippen LogP contribution is 2.62. The maximum atomic E-state index is 5.06. The topological polar surface area (TPSA) is 25.8 Å². The third kappa shape index (κ3) is 4.81. The zero-order valence-corrected chi connectivity index (χ0v) is 32.4. The van der Waals surface area contributed by atoms with Crippen molar-refractivity contribution in [3.05, 3.63) is 204 Å². The van der Waals surface area contributed by atoms with E-state index < -0.39 is 5.41 Å². The van der Waals surface area contributed by atoms with Gasteiger partial charge in [0.15, 0.2) is 0 Å². The molecule has 0 bridgehead atoms. The van der Waals surface area contributed by atoms with E-state index in [1.807, 2.05) is 11.8 Å². The molecule has 0 unspecified atom stereocenters. The fourth-order valence-electron chi connectivity index (χ4n) is 8.92. The van der Waals surface area contributed by atoms with E-state index >= 15 is 0 Å². The lowest BCUT2D eigenvalue weighted by Gasteiger charge is -2.39. The van der Waals surface area contributed by atoms with E-state index in [-0.39, 0.29) is 0 Å². The molecular weight excluding hydrogens is 737 g/mol. The van der Waals surface area contributed by atoms with Gasteiger partial charge in [0.1, 0.15) is 10.0 Å². The first-order valence-electron chi connectivity index (χ1n) is 18.8. The maximum absolute atomic E-state index is 5.06. The van der Waals surface area contributed by atoms with Crippen molar-refractivity contribution in [2.75, 3.05) is 0 Å². The van der Waals surface area contributed by atoms with E-state index in [2.05, 4.69) is 182 Å². The minimum atomic E-state index is -0.390. The molecule has 262 valence electrons. The Morgan fingerprint density at radius 3 is 1.41 bits per heavy atom. The lowest BCUT2D eigenvalue weighted by Crippen LogP contribution is -2.31. The number of benzene rings is 8. The summed E-state index contributed by atoms with van der Waals surface area (Å²) < 4.78 is 2.38. The first-order chi connectivity index (χ1) is 27.7. The Hall–Kier alpha value is -6.11. The van der Waals surface area contributed by atoms with Crippen molar-refractivity contribution >= 4 is 54.9 Å². The number of para-hydroxylation sites is 2. The van der Waals surface area contributed by atoms with Crippen LogP contribution in [-0.4, -0.2) is 9.97 Å². The van der Waals surface area contributed by atoms with Crippen molar-refractivity contribution < 1.29 is 0 Å². The highest BCUT2D eigenvalue weighted by molar-refractivity contribution is 7.99. The molecule has 0 N–H and O–H groups in total. The molecule has 1 aliphatic carbocycles. The monoisotopic (exact) mass is 766 g/mol. The molecule has 1 aliphatic heterocycles. The van der Waals surface area contributed by atoms with Gasteiger partial charge in [0.05, 0.1) is 25.8 Å². The first-order valence-corrected chi connectivity index (χ1v) is 21.2. The van der Waals surface area contributed by atoms with Gasteiger partial charge >= 0.3 is 0 Å². The van der Waals surface area contributed by atoms with Gasteiger partial charge in [-0.1, -0.05) is 133 Å². The lowest BCUT2D eigenvalue weighted by molar-refractivity contribution is 0.722. The van der Waals surface area contributed by atoms with Crippen LogP contribution in [0.3, 0.4) is 0 Å². The zero-order valence-electron chi connectivity index (χ0n) is 29.9. The number of aromatic nitrogens is 2. The minimum absolute atomic E-state index is 0.390. The van der Waals surface area contributed by atoms with Gasteiger partial charge in [0.25, 0.3) is 0 Å². The summed E-state index contributed by atoms with van der Waals surface area (Å²) in [7, 11) is 0. The molecule has 1 spiro atoms. The minimum Gasteiger partial charge on any atom is -0.236 e. The van der Waals surface area contributed by atoms with Crippen LogP contribution >= 0.6 is 34.4 Å². The van der Waals surface area contributed by atoms with Gasteiger partial charge in [-0.3, -0.25) is 0 Å². The summed E-state index contributed by atoms with van der Waals surface area (Å²) in [5.74, 6) is 0. The molecule has 0 atom stereocenters. The molecule has 12 rings (SSSR count). The van der Waals surface area contributed by atoms with Crippen LogP contribution < -0.4 is 0 Å². The van der Waals surface area contributed by atoms with Crippen LogP contribution in [0.1, 0.15) is 22.3 Å². The van der Waals surface area contributed by atoms with E-state index in [1.165, 1.54) is 63.7 Å². The van der Waals surface area contributed by atoms with Crippen LogP contribution in [0.25, 0.3) is 75.0 Å². The van der Waals surface area contributed by atoms with Crippen molar-refractivity contribution in [2.45, 2.75) is 15.2 Å². The summed E-state index contributed by atoms with van der Waals surface area (Å²) >= 11 is 5.37. The summed E-state index contributed by atoms with van der Waals surface area (Å²) in [6.45, 7) is 0. The van der Waals surface area contributed by atoms with Crippen LogP contribution in [0.15, 0.2) is 192 Å². The van der Waals surface area contributed by atoms with Gasteiger partial charge in [-0.05, 0) is 116 Å². The predicted octanol–water partition coefficient (Wildman–Crippen LogP) is 14.4. The summed E-state index contributed by atoms with van der Waals surface area (Å²) in [6, 6.07) is 66.9. The highest BCUT2D eigenvalue weighted by Gasteiger charge is 2.50. The summed E-state index contributed by atoms with van der Waals surface area (Å²) in [5, 5.41) is 2.04. The first kappa shape index (κ1) is 32.2. The van der Waals surface area contributed by atoms with Crippen LogP contribution in [-0.2, 0) is 5.41 Å². The number of hydrogen-bond donors (Lipinski definition) is 0. The molecule has 0 saturated carbocycles. The van der Waals surface area contributed by atoms with E-state index in [9.17, 15) is 0 Å². The Labute approximate surface area is 336 Å². The molecular formula is C51H30N2S3. The molecule has 8 aromatic carbocycles. The molecule has 2 aliphatic rings. The molecule has 0 fully saturated rings. The van der Waals surface area contributed by atoms with Gasteiger partial charge in [-0.15, -0.1) is 22.7 Å². The molecule has 2 nitrogen and oxygen atoms in total. The summed E-state index contributed by atoms with van der Waals surface area (Å²) in [4.78, 5) is 12.8. The fraction of sp³-hybridized carbons (Fsp3) is 0.0196. The molecule has 0 saturated heterocycles. The summed E-state index contributed by atoms with van der Waals surface area (Å²) in [5.41, 5.74) is 16.7. The Morgan fingerprint density at radius 1 is 0.339 bits per heavy atom. The SMILES string of the molecule is c1ccc2c(c1)Sc1ccccc1C21c2ccccc2-c2ccc(-c3ccc(-c4cc(-c5nc6ccccc6s5)cc(-c5nc6ccccc6s5)c4)cc3)cc21. The zero-order chi connectivity index (χ0) is 36.8. The van der Waals surface area contributed by atoms with Gasteiger partial charge < -0.3 is 0 Å². The van der Waals surface area contributed by atoms with Crippen LogP contribution in [0.5, 0.6) is 0 Å². The number of thiazole rings is 2. The molecule has 0 amide bonds. The Morgan fingerprint density at radius 2 is 0.804 bits per heavy atom. The maximum Gasteiger partial charge on any atom is 0.124 e. The highest BCUT2D eigenvalue weighted by atomic mass is 32.2. The van der Waals surface area contributed by atoms with Gasteiger partial charge in [0.2, 0.25) is 0 Å². The van der Waals surface area contributed by atoms with E-state index in [0.717, 1.165) is 43.3 Å². The molecule has 2 aromatic heterocycles. The normalized spacial score (nSPS) is 13.4. The smallest absolute Gasteiger partial charge is 0.124 e. The fourth-order valence-corrected chi connectivity index (χ4v) is 12.0. The second-order valence-electron chi connectivity index (χ2n) is 14.5. The quantitative estimate of drug-likeness (QED) is 0.178. The second kappa shape index (κ2) is 12.5. The van der Waals surface area contributed by atoms with Crippen LogP contribution in [0.2, 0.25) is 0 Å². The van der Waals surface area contributed by atoms with Crippen LogP contribution in [0, 0.1) is 0 Å². The van der Waals surface area contributed by atoms with E-state index in [1.54, 1.807) is 22.7 Å². The third-order valence-corrected chi connectivity index (χ3v) is 14.7. The second-order valence-corrected chi connectivity index (χ2v) is 17.6. The number of fused-ring (bicyclic) bond motifs is 11. The summed E-state index contributed by atoms with van der Waals surface area (Å²) in [6.07, 6.45) is 0. The Balaban J connectivity index is 0.991. The average molecular weight is 767 g/mol. The number of hydrogen-bond acceptors (Lipinski definition) is 5. The van der Waals surface area contributed by atoms with Crippen LogP contribution in [0.4, 0.5) is 0 Å². The average Bonchev–Trinajstić information content (AvgIpc) is 3.98. The largest absolute Gasteiger partial charge is 0.236 e. The van der Waals surface area contributed by atoms with Gasteiger partial charge in [-0.25, -0.2) is 9.97 Å². The van der Waals surface area contributed by atoms with Crippen molar-refractivity contribution in [2.24, 2.45) is 0 Å². The molecule has 0 radical (unpaired) electrons. The van der Waals surface area contributed by atoms with Crippen molar-refractivity contribution in [1.82, 2.24) is 9.97 Å². The molecule has 3 heterocycles. The number of rotatable bonds is 4. The van der Waals surface area contributed by atoms with Gasteiger partial charge in [-0.2, -0.15) is 0 Å². The van der Waals surface area contributed by atoms with Gasteiger partial charge in [0, 0.05) is 20.9 Å². The van der Waals surface area contributed by atoms with E-state index in [0.29, 0.717) is 0 Å². The van der Waals surface area contributed by atoms with Crippen molar-refractivity contribution in [1.29, 1.82) is 0 Å².